The van der Waals surface area contributed by atoms with Crippen LogP contribution in [0.4, 0.5) is 0 Å². The highest BCUT2D eigenvalue weighted by atomic mass is 16.5. The number of aliphatic hydroxyl groups is 1. The number of hydrogen-bond donors (Lipinski definition) is 2. The molecular formula is C43H34O6. The molecule has 0 aliphatic heterocycles. The highest BCUT2D eigenvalue weighted by Crippen LogP contribution is 2.30. The molecule has 49 heavy (non-hydrogen) atoms. The van der Waals surface area contributed by atoms with Gasteiger partial charge in [-0.2, -0.15) is 0 Å². The van der Waals surface area contributed by atoms with Gasteiger partial charge in [-0.15, -0.1) is 0 Å². The van der Waals surface area contributed by atoms with Gasteiger partial charge < -0.3 is 19.7 Å². The molecule has 0 bridgehead atoms. The first-order chi connectivity index (χ1) is 23.6. The highest BCUT2D eigenvalue weighted by Gasteiger charge is 2.08. The molecule has 0 heterocycles. The van der Waals surface area contributed by atoms with Gasteiger partial charge in [-0.3, -0.25) is 0 Å². The molecule has 0 radical (unpaired) electrons. The van der Waals surface area contributed by atoms with Gasteiger partial charge in [0.2, 0.25) is 0 Å². The summed E-state index contributed by atoms with van der Waals surface area (Å²) in [5, 5.41) is 26.8. The number of aliphatic hydroxyl groups excluding tert-OH is 1. The quantitative estimate of drug-likeness (QED) is 0.0643. The van der Waals surface area contributed by atoms with Gasteiger partial charge in [0, 0.05) is 28.7 Å². The van der Waals surface area contributed by atoms with Crippen LogP contribution in [0.2, 0.25) is 0 Å². The molecule has 0 aliphatic carbocycles. The zero-order valence-corrected chi connectivity index (χ0v) is 27.3. The number of phenols is 1. The SMILES string of the molecule is C=C(C)C(=O)OCC#Cc1ccc2c(ccc3cc(OC(=O)C(=C)C)ccc32)c1.OCCC#Cc1ccc2c(ccc3cc(O)ccc32)c1. The number of benzene rings is 6. The summed E-state index contributed by atoms with van der Waals surface area (Å²) in [4.78, 5) is 23.1. The lowest BCUT2D eigenvalue weighted by Crippen LogP contribution is -2.07. The van der Waals surface area contributed by atoms with Crippen molar-refractivity contribution in [3.8, 4) is 35.2 Å². The summed E-state index contributed by atoms with van der Waals surface area (Å²) in [6.07, 6.45) is 0.495. The maximum Gasteiger partial charge on any atom is 0.338 e. The van der Waals surface area contributed by atoms with Crippen molar-refractivity contribution in [3.05, 3.63) is 132 Å². The Morgan fingerprint density at radius 1 is 0.633 bits per heavy atom. The average molecular weight is 647 g/mol. The molecule has 0 saturated carbocycles. The predicted molar refractivity (Wildman–Crippen MR) is 196 cm³/mol. The predicted octanol–water partition coefficient (Wildman–Crippen LogP) is 8.38. The largest absolute Gasteiger partial charge is 0.508 e. The molecule has 6 aromatic rings. The van der Waals surface area contributed by atoms with Gasteiger partial charge in [-0.1, -0.05) is 85.4 Å². The van der Waals surface area contributed by atoms with Crippen molar-refractivity contribution in [2.24, 2.45) is 0 Å². The molecular weight excluding hydrogens is 612 g/mol. The van der Waals surface area contributed by atoms with Crippen molar-refractivity contribution in [1.29, 1.82) is 0 Å². The van der Waals surface area contributed by atoms with Crippen molar-refractivity contribution < 1.29 is 29.3 Å². The van der Waals surface area contributed by atoms with E-state index in [0.717, 1.165) is 54.2 Å². The number of hydrogen-bond acceptors (Lipinski definition) is 6. The third-order valence-corrected chi connectivity index (χ3v) is 7.51. The van der Waals surface area contributed by atoms with Crippen molar-refractivity contribution in [2.45, 2.75) is 20.3 Å². The fraction of sp³-hybridized carbons (Fsp3) is 0.116. The first-order valence-corrected chi connectivity index (χ1v) is 15.5. The van der Waals surface area contributed by atoms with Crippen LogP contribution in [0.5, 0.6) is 11.5 Å². The van der Waals surface area contributed by atoms with Crippen LogP contribution in [0.25, 0.3) is 43.1 Å². The Balaban J connectivity index is 0.000000204. The number of ether oxygens (including phenoxy) is 2. The molecule has 2 N–H and O–H groups in total. The summed E-state index contributed by atoms with van der Waals surface area (Å²) < 4.78 is 10.3. The van der Waals surface area contributed by atoms with Crippen molar-refractivity contribution in [1.82, 2.24) is 0 Å². The van der Waals surface area contributed by atoms with Gasteiger partial charge >= 0.3 is 11.9 Å². The van der Waals surface area contributed by atoms with E-state index < -0.39 is 11.9 Å². The minimum absolute atomic E-state index is 0.0210. The zero-order chi connectivity index (χ0) is 34.9. The highest BCUT2D eigenvalue weighted by molar-refractivity contribution is 6.09. The summed E-state index contributed by atoms with van der Waals surface area (Å²) in [7, 11) is 0. The standard InChI is InChI=1S/C25H20O4.C18H14O2/c1-16(2)24(26)28-13-5-6-18-7-11-22-19(14-18)8-9-20-15-21(10-12-23(20)22)29-25(27)17(3)4;19-10-2-1-3-13-4-8-17-14(11-13)5-6-15-12-16(20)7-9-18(15)17/h7-12,14-15H,1,3,13H2,2,4H3;4-9,11-12,19-20H,2,10H2. The second-order valence-corrected chi connectivity index (χ2v) is 11.4. The number of carbonyl (C=O) groups excluding carboxylic acids is 2. The lowest BCUT2D eigenvalue weighted by molar-refractivity contribution is -0.137. The number of rotatable bonds is 5. The molecule has 242 valence electrons. The molecule has 0 amide bonds. The normalized spacial score (nSPS) is 10.3. The maximum absolute atomic E-state index is 11.7. The first kappa shape index (κ1) is 34.0. The number of fused-ring (bicyclic) bond motifs is 6. The smallest absolute Gasteiger partial charge is 0.338 e. The Morgan fingerprint density at radius 3 is 1.67 bits per heavy atom. The van der Waals surface area contributed by atoms with E-state index in [1.165, 1.54) is 0 Å². The zero-order valence-electron chi connectivity index (χ0n) is 27.3. The number of phenolic OH excluding ortho intramolecular Hbond substituents is 1. The molecule has 0 aromatic heterocycles. The van der Waals surface area contributed by atoms with Crippen molar-refractivity contribution >= 4 is 55.0 Å². The molecule has 6 heteroatoms. The van der Waals surface area contributed by atoms with E-state index in [-0.39, 0.29) is 19.0 Å². The average Bonchev–Trinajstić information content (AvgIpc) is 3.09. The Bertz CT molecular complexity index is 2400. The summed E-state index contributed by atoms with van der Waals surface area (Å²) >= 11 is 0. The van der Waals surface area contributed by atoms with E-state index in [0.29, 0.717) is 23.3 Å². The van der Waals surface area contributed by atoms with Crippen molar-refractivity contribution in [3.63, 3.8) is 0 Å². The topological polar surface area (TPSA) is 93.1 Å². The van der Waals surface area contributed by atoms with E-state index in [9.17, 15) is 14.7 Å². The molecule has 0 saturated heterocycles. The molecule has 0 atom stereocenters. The maximum atomic E-state index is 11.7. The van der Waals surface area contributed by atoms with Crippen LogP contribution in [0.3, 0.4) is 0 Å². The minimum Gasteiger partial charge on any atom is -0.508 e. The molecule has 0 unspecified atom stereocenters. The summed E-state index contributed by atoms with van der Waals surface area (Å²) in [5.74, 6) is 11.7. The van der Waals surface area contributed by atoms with Crippen LogP contribution in [0.15, 0.2) is 121 Å². The van der Waals surface area contributed by atoms with Crippen LogP contribution in [-0.2, 0) is 14.3 Å². The van der Waals surface area contributed by atoms with E-state index in [2.05, 4.69) is 42.9 Å². The fourth-order valence-corrected chi connectivity index (χ4v) is 5.10. The van der Waals surface area contributed by atoms with Gasteiger partial charge in [0.05, 0.1) is 6.61 Å². The molecule has 6 rings (SSSR count). The Hall–Kier alpha value is -6.34. The third-order valence-electron chi connectivity index (χ3n) is 7.51. The van der Waals surface area contributed by atoms with E-state index >= 15 is 0 Å². The van der Waals surface area contributed by atoms with Crippen molar-refractivity contribution in [2.75, 3.05) is 13.2 Å². The Kier molecular flexibility index (Phi) is 10.8. The molecule has 6 nitrogen and oxygen atoms in total. The van der Waals surface area contributed by atoms with Gasteiger partial charge in [0.1, 0.15) is 11.5 Å². The Morgan fingerprint density at radius 2 is 1.12 bits per heavy atom. The van der Waals surface area contributed by atoms with Crippen LogP contribution in [-0.4, -0.2) is 35.4 Å². The van der Waals surface area contributed by atoms with Crippen LogP contribution < -0.4 is 4.74 Å². The second-order valence-electron chi connectivity index (χ2n) is 11.4. The molecule has 0 fully saturated rings. The summed E-state index contributed by atoms with van der Waals surface area (Å²) in [6.45, 7) is 10.4. The molecule has 6 aromatic carbocycles. The van der Waals surface area contributed by atoms with E-state index in [1.54, 1.807) is 32.0 Å². The van der Waals surface area contributed by atoms with Gasteiger partial charge in [-0.25, -0.2) is 9.59 Å². The van der Waals surface area contributed by atoms with E-state index in [4.69, 9.17) is 14.6 Å². The first-order valence-electron chi connectivity index (χ1n) is 15.5. The lowest BCUT2D eigenvalue weighted by Gasteiger charge is -2.08. The second kappa shape index (κ2) is 15.5. The van der Waals surface area contributed by atoms with Gasteiger partial charge in [0.25, 0.3) is 0 Å². The van der Waals surface area contributed by atoms with Crippen LogP contribution >= 0.6 is 0 Å². The Labute approximate surface area is 284 Å². The number of carbonyl (C=O) groups is 2. The van der Waals surface area contributed by atoms with E-state index in [1.807, 2.05) is 72.8 Å². The van der Waals surface area contributed by atoms with Crippen LogP contribution in [0, 0.1) is 23.7 Å². The lowest BCUT2D eigenvalue weighted by atomic mass is 10.00. The summed E-state index contributed by atoms with van der Waals surface area (Å²) in [5.41, 5.74) is 2.48. The molecule has 0 spiro atoms. The fourth-order valence-electron chi connectivity index (χ4n) is 5.10. The number of esters is 2. The minimum atomic E-state index is -0.447. The monoisotopic (exact) mass is 646 g/mol. The van der Waals surface area contributed by atoms with Gasteiger partial charge in [0.15, 0.2) is 6.61 Å². The molecule has 0 aliphatic rings. The van der Waals surface area contributed by atoms with Crippen LogP contribution in [0.1, 0.15) is 31.4 Å². The number of aromatic hydroxyl groups is 1. The van der Waals surface area contributed by atoms with Gasteiger partial charge in [-0.05, 0) is 105 Å². The summed E-state index contributed by atoms with van der Waals surface area (Å²) in [6, 6.07) is 30.9. The third kappa shape index (κ3) is 8.53.